The first-order chi connectivity index (χ1) is 17.5. The summed E-state index contributed by atoms with van der Waals surface area (Å²) in [5, 5.41) is 0. The summed E-state index contributed by atoms with van der Waals surface area (Å²) >= 11 is 0. The van der Waals surface area contributed by atoms with Crippen LogP contribution in [0.25, 0.3) is 0 Å². The number of methoxy groups -OCH3 is 1. The van der Waals surface area contributed by atoms with Gasteiger partial charge in [-0.1, -0.05) is 6.92 Å². The second-order valence-electron chi connectivity index (χ2n) is 8.27. The molecule has 0 aliphatic heterocycles. The maximum Gasteiger partial charge on any atom is 0.311 e. The molecule has 0 aromatic carbocycles. The molecule has 0 atom stereocenters. The van der Waals surface area contributed by atoms with E-state index in [1.165, 1.54) is 0 Å². The molecule has 0 heterocycles. The van der Waals surface area contributed by atoms with Gasteiger partial charge in [0.05, 0.1) is 118 Å². The van der Waals surface area contributed by atoms with E-state index in [9.17, 15) is 4.79 Å². The number of hydrogen-bond acceptors (Lipinski definition) is 11. The molecular formula is C25H50O11. The van der Waals surface area contributed by atoms with Crippen LogP contribution in [0.15, 0.2) is 0 Å². The smallest absolute Gasteiger partial charge is 0.311 e. The van der Waals surface area contributed by atoms with E-state index < -0.39 is 5.41 Å². The second-order valence-corrected chi connectivity index (χ2v) is 8.27. The molecule has 0 N–H and O–H groups in total. The van der Waals surface area contributed by atoms with Crippen molar-refractivity contribution >= 4 is 5.97 Å². The van der Waals surface area contributed by atoms with Crippen LogP contribution in [-0.2, 0) is 52.2 Å². The molecule has 36 heavy (non-hydrogen) atoms. The highest BCUT2D eigenvalue weighted by Gasteiger charge is 2.26. The number of hydrogen-bond donors (Lipinski definition) is 0. The fourth-order valence-electron chi connectivity index (χ4n) is 2.32. The fraction of sp³-hybridized carbons (Fsp3) is 0.960. The van der Waals surface area contributed by atoms with Gasteiger partial charge < -0.3 is 47.4 Å². The lowest BCUT2D eigenvalue weighted by atomic mass is 9.91. The van der Waals surface area contributed by atoms with Crippen LogP contribution in [0.2, 0.25) is 0 Å². The first kappa shape index (κ1) is 35.1. The number of carbonyl (C=O) groups is 1. The van der Waals surface area contributed by atoms with E-state index in [0.29, 0.717) is 112 Å². The Bertz CT molecular complexity index is 463. The number of ether oxygens (including phenoxy) is 10. The van der Waals surface area contributed by atoms with Gasteiger partial charge in [-0.05, 0) is 20.3 Å². The summed E-state index contributed by atoms with van der Waals surface area (Å²) in [4.78, 5) is 11.8. The van der Waals surface area contributed by atoms with Gasteiger partial charge in [0.2, 0.25) is 0 Å². The van der Waals surface area contributed by atoms with E-state index in [-0.39, 0.29) is 12.6 Å². The van der Waals surface area contributed by atoms with Crippen molar-refractivity contribution in [3.63, 3.8) is 0 Å². The molecule has 0 bridgehead atoms. The number of esters is 1. The molecule has 0 saturated carbocycles. The molecular weight excluding hydrogens is 476 g/mol. The van der Waals surface area contributed by atoms with E-state index in [0.717, 1.165) is 6.42 Å². The molecule has 0 aliphatic rings. The van der Waals surface area contributed by atoms with Gasteiger partial charge in [-0.2, -0.15) is 0 Å². The lowest BCUT2D eigenvalue weighted by Crippen LogP contribution is -2.27. The Kier molecular flexibility index (Phi) is 26.5. The van der Waals surface area contributed by atoms with Crippen LogP contribution >= 0.6 is 0 Å². The Labute approximate surface area is 217 Å². The number of rotatable bonds is 29. The van der Waals surface area contributed by atoms with Gasteiger partial charge in [-0.15, -0.1) is 0 Å². The van der Waals surface area contributed by atoms with Crippen LogP contribution in [0.3, 0.4) is 0 Å². The quantitative estimate of drug-likeness (QED) is 0.105. The molecule has 0 fully saturated rings. The van der Waals surface area contributed by atoms with Crippen molar-refractivity contribution in [2.75, 3.05) is 126 Å². The topological polar surface area (TPSA) is 109 Å². The summed E-state index contributed by atoms with van der Waals surface area (Å²) in [7, 11) is 1.64. The molecule has 0 saturated heterocycles. The molecule has 0 amide bonds. The van der Waals surface area contributed by atoms with Crippen molar-refractivity contribution in [1.29, 1.82) is 0 Å². The summed E-state index contributed by atoms with van der Waals surface area (Å²) in [6.45, 7) is 14.6. The van der Waals surface area contributed by atoms with Crippen molar-refractivity contribution < 1.29 is 52.2 Å². The molecule has 11 nitrogen and oxygen atoms in total. The van der Waals surface area contributed by atoms with Crippen LogP contribution in [0, 0.1) is 5.41 Å². The van der Waals surface area contributed by atoms with E-state index in [1.807, 2.05) is 20.8 Å². The van der Waals surface area contributed by atoms with Gasteiger partial charge in [0.15, 0.2) is 0 Å². The minimum atomic E-state index is -0.450. The molecule has 0 aromatic rings. The average Bonchev–Trinajstić information content (AvgIpc) is 2.88. The average molecular weight is 527 g/mol. The van der Waals surface area contributed by atoms with Gasteiger partial charge in [0.1, 0.15) is 6.61 Å². The third-order valence-corrected chi connectivity index (χ3v) is 4.93. The van der Waals surface area contributed by atoms with Gasteiger partial charge in [0.25, 0.3) is 0 Å². The highest BCUT2D eigenvalue weighted by molar-refractivity contribution is 5.75. The molecule has 11 heteroatoms. The first-order valence-corrected chi connectivity index (χ1v) is 12.8. The summed E-state index contributed by atoms with van der Waals surface area (Å²) in [5.74, 6) is -0.196. The Hall–Kier alpha value is -0.890. The molecule has 0 aromatic heterocycles. The SMILES string of the molecule is CCC(C)(C)C(=O)OCCOCCOCCOCCOCCOCCOCCOCCOCCOC. The van der Waals surface area contributed by atoms with Crippen molar-refractivity contribution in [3.8, 4) is 0 Å². The highest BCUT2D eigenvalue weighted by atomic mass is 16.6. The molecule has 0 spiro atoms. The fourth-order valence-corrected chi connectivity index (χ4v) is 2.32. The zero-order chi connectivity index (χ0) is 26.6. The Balaban J connectivity index is 3.12. The zero-order valence-corrected chi connectivity index (χ0v) is 22.9. The Morgan fingerprint density at radius 3 is 0.972 bits per heavy atom. The normalized spacial score (nSPS) is 11.8. The highest BCUT2D eigenvalue weighted by Crippen LogP contribution is 2.21. The van der Waals surface area contributed by atoms with Gasteiger partial charge in [-0.3, -0.25) is 4.79 Å². The lowest BCUT2D eigenvalue weighted by molar-refractivity contribution is -0.155. The molecule has 0 radical (unpaired) electrons. The predicted molar refractivity (Wildman–Crippen MR) is 133 cm³/mol. The maximum absolute atomic E-state index is 11.8. The van der Waals surface area contributed by atoms with Crippen molar-refractivity contribution in [2.24, 2.45) is 5.41 Å². The van der Waals surface area contributed by atoms with E-state index in [1.54, 1.807) is 7.11 Å². The standard InChI is InChI=1S/C25H50O11/c1-5-25(2,3)24(26)36-23-22-35-21-20-34-19-18-33-17-16-32-15-14-31-13-12-30-11-10-29-9-8-28-7-6-27-4/h5-23H2,1-4H3. The van der Waals surface area contributed by atoms with Gasteiger partial charge in [0, 0.05) is 7.11 Å². The van der Waals surface area contributed by atoms with E-state index >= 15 is 0 Å². The van der Waals surface area contributed by atoms with E-state index in [2.05, 4.69) is 0 Å². The molecule has 216 valence electrons. The minimum absolute atomic E-state index is 0.196. The summed E-state index contributed by atoms with van der Waals surface area (Å²) < 4.78 is 53.3. The first-order valence-electron chi connectivity index (χ1n) is 12.8. The van der Waals surface area contributed by atoms with Crippen LogP contribution in [0.5, 0.6) is 0 Å². The predicted octanol–water partition coefficient (Wildman–Crippen LogP) is 1.75. The van der Waals surface area contributed by atoms with Crippen molar-refractivity contribution in [2.45, 2.75) is 27.2 Å². The van der Waals surface area contributed by atoms with Crippen LogP contribution in [-0.4, -0.2) is 132 Å². The number of carbonyl (C=O) groups excluding carboxylic acids is 1. The largest absolute Gasteiger partial charge is 0.463 e. The maximum atomic E-state index is 11.8. The van der Waals surface area contributed by atoms with Crippen LogP contribution in [0.4, 0.5) is 0 Å². The molecule has 0 aliphatic carbocycles. The minimum Gasteiger partial charge on any atom is -0.463 e. The summed E-state index contributed by atoms with van der Waals surface area (Å²) in [6, 6.07) is 0. The second kappa shape index (κ2) is 27.2. The summed E-state index contributed by atoms with van der Waals surface area (Å²) in [5.41, 5.74) is -0.450. The van der Waals surface area contributed by atoms with Gasteiger partial charge in [-0.25, -0.2) is 0 Å². The Morgan fingerprint density at radius 1 is 0.472 bits per heavy atom. The third kappa shape index (κ3) is 24.8. The zero-order valence-electron chi connectivity index (χ0n) is 22.9. The van der Waals surface area contributed by atoms with Crippen LogP contribution in [0.1, 0.15) is 27.2 Å². The molecule has 0 unspecified atom stereocenters. The Morgan fingerprint density at radius 2 is 0.722 bits per heavy atom. The van der Waals surface area contributed by atoms with Crippen molar-refractivity contribution in [3.05, 3.63) is 0 Å². The third-order valence-electron chi connectivity index (χ3n) is 4.93. The monoisotopic (exact) mass is 526 g/mol. The van der Waals surface area contributed by atoms with Gasteiger partial charge >= 0.3 is 5.97 Å². The molecule has 0 rings (SSSR count). The van der Waals surface area contributed by atoms with Crippen LogP contribution < -0.4 is 0 Å². The summed E-state index contributed by atoms with van der Waals surface area (Å²) in [6.07, 6.45) is 0.741. The van der Waals surface area contributed by atoms with E-state index in [4.69, 9.17) is 47.4 Å². The lowest BCUT2D eigenvalue weighted by Gasteiger charge is -2.20. The van der Waals surface area contributed by atoms with Crippen molar-refractivity contribution in [1.82, 2.24) is 0 Å².